The number of hydrogen-bond donors (Lipinski definition) is 1. The number of H-pyrrole nitrogens is 1. The summed E-state index contributed by atoms with van der Waals surface area (Å²) in [5, 5.41) is 0. The van der Waals surface area contributed by atoms with E-state index >= 15 is 0 Å². The van der Waals surface area contributed by atoms with Crippen LogP contribution in [0.15, 0.2) is 102 Å². The second kappa shape index (κ2) is 9.02. The standard InChI is InChI=1S/C25H23N3O/c29-25-26-17-23(16-20-10-4-1-5-11-20)24(27-25)28(18-21-12-6-2-7-13-21)19-22-14-8-3-9-15-22/h1-15,17H,16,18-19H2,(H,26,27,29). The Morgan fingerprint density at radius 1 is 0.690 bits per heavy atom. The Bertz CT molecular complexity index is 1050. The fourth-order valence-electron chi connectivity index (χ4n) is 3.46. The molecule has 0 unspecified atom stereocenters. The molecule has 29 heavy (non-hydrogen) atoms. The minimum Gasteiger partial charge on any atom is -0.349 e. The summed E-state index contributed by atoms with van der Waals surface area (Å²) >= 11 is 0. The van der Waals surface area contributed by atoms with Crippen molar-refractivity contribution < 1.29 is 0 Å². The molecule has 4 heteroatoms. The quantitative estimate of drug-likeness (QED) is 0.510. The topological polar surface area (TPSA) is 49.0 Å². The van der Waals surface area contributed by atoms with Crippen LogP contribution in [0.4, 0.5) is 5.82 Å². The molecule has 0 saturated carbocycles. The van der Waals surface area contributed by atoms with Gasteiger partial charge in [-0.15, -0.1) is 0 Å². The lowest BCUT2D eigenvalue weighted by atomic mass is 10.1. The Labute approximate surface area is 170 Å². The largest absolute Gasteiger partial charge is 0.349 e. The molecule has 4 aromatic rings. The van der Waals surface area contributed by atoms with E-state index < -0.39 is 0 Å². The van der Waals surface area contributed by atoms with Gasteiger partial charge in [-0.3, -0.25) is 4.98 Å². The van der Waals surface area contributed by atoms with E-state index in [0.29, 0.717) is 19.5 Å². The molecule has 0 radical (unpaired) electrons. The van der Waals surface area contributed by atoms with Gasteiger partial charge in [0.15, 0.2) is 0 Å². The Kier molecular flexibility index (Phi) is 5.81. The van der Waals surface area contributed by atoms with Crippen molar-refractivity contribution in [2.24, 2.45) is 0 Å². The van der Waals surface area contributed by atoms with Gasteiger partial charge in [0.25, 0.3) is 0 Å². The maximum Gasteiger partial charge on any atom is 0.346 e. The molecule has 0 saturated heterocycles. The summed E-state index contributed by atoms with van der Waals surface area (Å²) in [6.45, 7) is 1.38. The van der Waals surface area contributed by atoms with Crippen molar-refractivity contribution in [1.82, 2.24) is 9.97 Å². The highest BCUT2D eigenvalue weighted by molar-refractivity contribution is 5.49. The van der Waals surface area contributed by atoms with Crippen molar-refractivity contribution >= 4 is 5.82 Å². The second-order valence-electron chi connectivity index (χ2n) is 7.05. The van der Waals surface area contributed by atoms with Crippen LogP contribution in [0.25, 0.3) is 0 Å². The molecule has 0 fully saturated rings. The van der Waals surface area contributed by atoms with Gasteiger partial charge >= 0.3 is 5.69 Å². The van der Waals surface area contributed by atoms with Crippen LogP contribution in [0, 0.1) is 0 Å². The zero-order chi connectivity index (χ0) is 19.9. The third kappa shape index (κ3) is 4.99. The lowest BCUT2D eigenvalue weighted by Crippen LogP contribution is -2.27. The monoisotopic (exact) mass is 381 g/mol. The number of rotatable bonds is 7. The van der Waals surface area contributed by atoms with Crippen LogP contribution < -0.4 is 10.6 Å². The molecule has 0 aliphatic rings. The lowest BCUT2D eigenvalue weighted by molar-refractivity contribution is 0.767. The first-order chi connectivity index (χ1) is 14.3. The van der Waals surface area contributed by atoms with Crippen LogP contribution in [0.5, 0.6) is 0 Å². The maximum atomic E-state index is 12.1. The molecular weight excluding hydrogens is 358 g/mol. The SMILES string of the molecule is O=c1ncc(Cc2ccccc2)c(N(Cc2ccccc2)Cc2ccccc2)[nH]1. The zero-order valence-electron chi connectivity index (χ0n) is 16.2. The van der Waals surface area contributed by atoms with Gasteiger partial charge in [0.05, 0.1) is 0 Å². The summed E-state index contributed by atoms with van der Waals surface area (Å²) < 4.78 is 0. The second-order valence-corrected chi connectivity index (χ2v) is 7.05. The fourth-order valence-corrected chi connectivity index (χ4v) is 3.46. The smallest absolute Gasteiger partial charge is 0.346 e. The Balaban J connectivity index is 1.72. The van der Waals surface area contributed by atoms with E-state index in [1.165, 1.54) is 16.7 Å². The molecule has 4 rings (SSSR count). The highest BCUT2D eigenvalue weighted by Gasteiger charge is 2.15. The van der Waals surface area contributed by atoms with Gasteiger partial charge in [0.2, 0.25) is 0 Å². The molecule has 0 spiro atoms. The molecular formula is C25H23N3O. The van der Waals surface area contributed by atoms with Crippen LogP contribution >= 0.6 is 0 Å². The molecule has 0 aliphatic carbocycles. The number of aromatic amines is 1. The first-order valence-corrected chi connectivity index (χ1v) is 9.73. The number of nitrogens with zero attached hydrogens (tertiary/aromatic N) is 2. The van der Waals surface area contributed by atoms with Gasteiger partial charge in [-0.2, -0.15) is 0 Å². The average Bonchev–Trinajstić information content (AvgIpc) is 2.77. The minimum absolute atomic E-state index is 0.331. The van der Waals surface area contributed by atoms with Gasteiger partial charge in [0, 0.05) is 31.3 Å². The molecule has 144 valence electrons. The minimum atomic E-state index is -0.331. The molecule has 4 nitrogen and oxygen atoms in total. The van der Waals surface area contributed by atoms with Crippen molar-refractivity contribution in [3.63, 3.8) is 0 Å². The van der Waals surface area contributed by atoms with E-state index in [4.69, 9.17) is 0 Å². The van der Waals surface area contributed by atoms with Gasteiger partial charge in [0.1, 0.15) is 5.82 Å². The summed E-state index contributed by atoms with van der Waals surface area (Å²) in [4.78, 5) is 21.3. The molecule has 1 heterocycles. The van der Waals surface area contributed by atoms with Crippen LogP contribution in [0.3, 0.4) is 0 Å². The van der Waals surface area contributed by atoms with E-state index in [9.17, 15) is 4.79 Å². The molecule has 3 aromatic carbocycles. The first kappa shape index (κ1) is 18.7. The zero-order valence-corrected chi connectivity index (χ0v) is 16.2. The van der Waals surface area contributed by atoms with Crippen LogP contribution in [0.2, 0.25) is 0 Å². The van der Waals surface area contributed by atoms with E-state index in [1.54, 1.807) is 6.20 Å². The van der Waals surface area contributed by atoms with Gasteiger partial charge < -0.3 is 4.90 Å². The summed E-state index contributed by atoms with van der Waals surface area (Å²) in [6, 6.07) is 30.8. The Morgan fingerprint density at radius 3 is 1.69 bits per heavy atom. The van der Waals surface area contributed by atoms with Gasteiger partial charge in [-0.1, -0.05) is 91.0 Å². The lowest BCUT2D eigenvalue weighted by Gasteiger charge is -2.27. The van der Waals surface area contributed by atoms with Crippen molar-refractivity contribution in [3.05, 3.63) is 130 Å². The third-order valence-corrected chi connectivity index (χ3v) is 4.85. The fraction of sp³-hybridized carbons (Fsp3) is 0.120. The van der Waals surface area contributed by atoms with Crippen molar-refractivity contribution in [2.75, 3.05) is 4.90 Å². The van der Waals surface area contributed by atoms with E-state index in [1.807, 2.05) is 54.6 Å². The number of aromatic nitrogens is 2. The molecule has 0 amide bonds. The maximum absolute atomic E-state index is 12.1. The van der Waals surface area contributed by atoms with Gasteiger partial charge in [-0.05, 0) is 16.7 Å². The van der Waals surface area contributed by atoms with Crippen LogP contribution in [-0.4, -0.2) is 9.97 Å². The molecule has 0 aliphatic heterocycles. The number of benzene rings is 3. The number of hydrogen-bond acceptors (Lipinski definition) is 3. The first-order valence-electron chi connectivity index (χ1n) is 9.73. The normalized spacial score (nSPS) is 10.6. The van der Waals surface area contributed by atoms with Crippen LogP contribution in [-0.2, 0) is 19.5 Å². The molecule has 1 N–H and O–H groups in total. The number of nitrogens with one attached hydrogen (secondary N) is 1. The molecule has 1 aromatic heterocycles. The number of anilines is 1. The van der Waals surface area contributed by atoms with E-state index in [0.717, 1.165) is 11.4 Å². The predicted molar refractivity (Wildman–Crippen MR) is 117 cm³/mol. The highest BCUT2D eigenvalue weighted by atomic mass is 16.1. The summed E-state index contributed by atoms with van der Waals surface area (Å²) in [7, 11) is 0. The van der Waals surface area contributed by atoms with E-state index in [2.05, 4.69) is 51.3 Å². The summed E-state index contributed by atoms with van der Waals surface area (Å²) in [5.41, 5.74) is 4.23. The highest BCUT2D eigenvalue weighted by Crippen LogP contribution is 2.23. The molecule has 0 atom stereocenters. The molecule has 0 bridgehead atoms. The van der Waals surface area contributed by atoms with Crippen LogP contribution in [0.1, 0.15) is 22.3 Å². The van der Waals surface area contributed by atoms with Crippen molar-refractivity contribution in [1.29, 1.82) is 0 Å². The summed E-state index contributed by atoms with van der Waals surface area (Å²) in [6.07, 6.45) is 2.41. The third-order valence-electron chi connectivity index (χ3n) is 4.85. The van der Waals surface area contributed by atoms with Crippen molar-refractivity contribution in [3.8, 4) is 0 Å². The average molecular weight is 381 g/mol. The van der Waals surface area contributed by atoms with Gasteiger partial charge in [-0.25, -0.2) is 9.78 Å². The summed E-state index contributed by atoms with van der Waals surface area (Å²) in [5.74, 6) is 0.821. The predicted octanol–water partition coefficient (Wildman–Crippen LogP) is 4.57. The van der Waals surface area contributed by atoms with E-state index in [-0.39, 0.29) is 5.69 Å². The Morgan fingerprint density at radius 2 is 1.17 bits per heavy atom. The van der Waals surface area contributed by atoms with Crippen molar-refractivity contribution in [2.45, 2.75) is 19.5 Å². The Hall–Kier alpha value is -3.66.